The Hall–Kier alpha value is -4.33. The van der Waals surface area contributed by atoms with Gasteiger partial charge in [-0.15, -0.1) is 0 Å². The number of aromatic nitrogens is 3. The van der Waals surface area contributed by atoms with E-state index in [1.165, 1.54) is 5.56 Å². The Kier molecular flexibility index (Phi) is 10.1. The number of para-hydroxylation sites is 1. The predicted octanol–water partition coefficient (Wildman–Crippen LogP) is 7.03. The minimum Gasteiger partial charge on any atom is -0.348 e. The lowest BCUT2D eigenvalue weighted by Crippen LogP contribution is -2.24. The van der Waals surface area contributed by atoms with Gasteiger partial charge in [0, 0.05) is 48.7 Å². The molecule has 0 saturated carbocycles. The molecule has 0 radical (unpaired) electrons. The number of fused-ring (bicyclic) bond motifs is 1. The zero-order valence-electron chi connectivity index (χ0n) is 24.6. The molecule has 2 heterocycles. The van der Waals surface area contributed by atoms with Gasteiger partial charge >= 0.3 is 0 Å². The Morgan fingerprint density at radius 3 is 2.14 bits per heavy atom. The summed E-state index contributed by atoms with van der Waals surface area (Å²) in [7, 11) is 0. The van der Waals surface area contributed by atoms with Crippen LogP contribution in [-0.4, -0.2) is 43.7 Å². The highest BCUT2D eigenvalue weighted by atomic mass is 16.1. The van der Waals surface area contributed by atoms with Crippen molar-refractivity contribution in [3.63, 3.8) is 0 Å². The summed E-state index contributed by atoms with van der Waals surface area (Å²) < 4.78 is 0. The lowest BCUT2D eigenvalue weighted by atomic mass is 10.1. The van der Waals surface area contributed by atoms with Crippen molar-refractivity contribution < 1.29 is 4.79 Å². The Bertz CT molecular complexity index is 1540. The number of hydrogen-bond donors (Lipinski definition) is 2. The van der Waals surface area contributed by atoms with Gasteiger partial charge in [0.2, 0.25) is 0 Å². The highest BCUT2D eigenvalue weighted by Crippen LogP contribution is 2.18. The largest absolute Gasteiger partial charge is 0.348 e. The first-order valence-electron chi connectivity index (χ1n) is 14.9. The molecule has 216 valence electrons. The van der Waals surface area contributed by atoms with Crippen LogP contribution in [0.25, 0.3) is 10.9 Å². The van der Waals surface area contributed by atoms with Crippen molar-refractivity contribution in [3.8, 4) is 0 Å². The van der Waals surface area contributed by atoms with Gasteiger partial charge in [0.15, 0.2) is 0 Å². The molecular formula is C35H40N6O. The topological polar surface area (TPSA) is 77.2 Å². The molecule has 1 amide bonds. The van der Waals surface area contributed by atoms with Crippen LogP contribution in [0.5, 0.6) is 0 Å². The van der Waals surface area contributed by atoms with E-state index < -0.39 is 0 Å². The zero-order valence-corrected chi connectivity index (χ0v) is 24.6. The third-order valence-corrected chi connectivity index (χ3v) is 7.29. The maximum Gasteiger partial charge on any atom is 0.255 e. The van der Waals surface area contributed by atoms with Crippen LogP contribution in [0.1, 0.15) is 59.7 Å². The molecule has 0 spiro atoms. The molecule has 42 heavy (non-hydrogen) atoms. The highest BCUT2D eigenvalue weighted by molar-refractivity contribution is 6.04. The van der Waals surface area contributed by atoms with Crippen LogP contribution >= 0.6 is 0 Å². The maximum absolute atomic E-state index is 13.0. The molecule has 7 heteroatoms. The van der Waals surface area contributed by atoms with Gasteiger partial charge in [-0.3, -0.25) is 19.6 Å². The first-order chi connectivity index (χ1) is 20.6. The summed E-state index contributed by atoms with van der Waals surface area (Å²) in [6.45, 7) is 9.61. The number of pyridine rings is 1. The highest BCUT2D eigenvalue weighted by Gasteiger charge is 2.13. The zero-order chi connectivity index (χ0) is 29.1. The standard InChI is InChI=1S/C35H40N6O/c1-3-21-40(22-4-2)23-28-11-16-31(17-12-28)39-35(42)30-13-9-27(10-14-30)24-41(26-34-36-19-20-37-34)25-32-18-15-29-7-5-6-8-33(29)38-32/h5-20H,3-4,21-26H2,1-2H3,(H,36,37)(H,39,42). The van der Waals surface area contributed by atoms with Crippen molar-refractivity contribution in [2.75, 3.05) is 18.4 Å². The SMILES string of the molecule is CCCN(CCC)Cc1ccc(NC(=O)c2ccc(CN(Cc3ccc4ccccc4n3)Cc3ncc[nH]3)cc2)cc1. The van der Waals surface area contributed by atoms with Crippen molar-refractivity contribution in [2.45, 2.75) is 52.9 Å². The Morgan fingerprint density at radius 1 is 0.762 bits per heavy atom. The number of amides is 1. The predicted molar refractivity (Wildman–Crippen MR) is 170 cm³/mol. The van der Waals surface area contributed by atoms with Gasteiger partial charge in [-0.05, 0) is 73.5 Å². The average Bonchev–Trinajstić information content (AvgIpc) is 3.52. The molecule has 0 atom stereocenters. The molecule has 5 aromatic rings. The third-order valence-electron chi connectivity index (χ3n) is 7.29. The minimum atomic E-state index is -0.110. The monoisotopic (exact) mass is 560 g/mol. The van der Waals surface area contributed by atoms with Gasteiger partial charge in [0.1, 0.15) is 5.82 Å². The molecule has 2 aromatic heterocycles. The van der Waals surface area contributed by atoms with Gasteiger partial charge in [0.25, 0.3) is 5.91 Å². The molecule has 3 aromatic carbocycles. The summed E-state index contributed by atoms with van der Waals surface area (Å²) in [5.41, 5.74) is 5.81. The molecular weight excluding hydrogens is 520 g/mol. The van der Waals surface area contributed by atoms with Crippen LogP contribution in [0.3, 0.4) is 0 Å². The normalized spacial score (nSPS) is 11.4. The fraction of sp³-hybridized carbons (Fsp3) is 0.286. The summed E-state index contributed by atoms with van der Waals surface area (Å²) in [6.07, 6.45) is 5.92. The fourth-order valence-electron chi connectivity index (χ4n) is 5.27. The number of anilines is 1. The number of H-pyrrole nitrogens is 1. The first kappa shape index (κ1) is 29.2. The maximum atomic E-state index is 13.0. The minimum absolute atomic E-state index is 0.110. The van der Waals surface area contributed by atoms with Crippen LogP contribution in [0.2, 0.25) is 0 Å². The van der Waals surface area contributed by atoms with Gasteiger partial charge in [-0.2, -0.15) is 0 Å². The summed E-state index contributed by atoms with van der Waals surface area (Å²) in [5, 5.41) is 4.18. The van der Waals surface area contributed by atoms with Gasteiger partial charge in [-0.25, -0.2) is 4.98 Å². The van der Waals surface area contributed by atoms with Gasteiger partial charge in [0.05, 0.1) is 17.8 Å². The molecule has 5 rings (SSSR count). The van der Waals surface area contributed by atoms with Crippen molar-refractivity contribution >= 4 is 22.5 Å². The van der Waals surface area contributed by atoms with E-state index in [4.69, 9.17) is 4.98 Å². The van der Waals surface area contributed by atoms with Crippen LogP contribution in [-0.2, 0) is 26.2 Å². The van der Waals surface area contributed by atoms with Crippen LogP contribution in [0.15, 0.2) is 97.3 Å². The number of hydrogen-bond acceptors (Lipinski definition) is 5. The second kappa shape index (κ2) is 14.5. The number of nitrogens with one attached hydrogen (secondary N) is 2. The number of imidazole rings is 1. The van der Waals surface area contributed by atoms with Gasteiger partial charge < -0.3 is 10.3 Å². The number of carbonyl (C=O) groups excluding carboxylic acids is 1. The molecule has 0 unspecified atom stereocenters. The second-order valence-electron chi connectivity index (χ2n) is 10.8. The lowest BCUT2D eigenvalue weighted by molar-refractivity contribution is 0.102. The van der Waals surface area contributed by atoms with Gasteiger partial charge in [-0.1, -0.05) is 62.4 Å². The van der Waals surface area contributed by atoms with Crippen LogP contribution in [0, 0.1) is 0 Å². The van der Waals surface area contributed by atoms with Crippen molar-refractivity contribution in [1.29, 1.82) is 0 Å². The average molecular weight is 561 g/mol. The van der Waals surface area contributed by atoms with E-state index in [0.29, 0.717) is 25.2 Å². The molecule has 2 N–H and O–H groups in total. The van der Waals surface area contributed by atoms with E-state index >= 15 is 0 Å². The molecule has 0 saturated heterocycles. The number of benzene rings is 3. The quantitative estimate of drug-likeness (QED) is 0.152. The summed E-state index contributed by atoms with van der Waals surface area (Å²) >= 11 is 0. The van der Waals surface area contributed by atoms with E-state index in [1.54, 1.807) is 6.20 Å². The third kappa shape index (κ3) is 8.12. The van der Waals surface area contributed by atoms with E-state index in [9.17, 15) is 4.79 Å². The van der Waals surface area contributed by atoms with Crippen LogP contribution in [0.4, 0.5) is 5.69 Å². The van der Waals surface area contributed by atoms with Crippen molar-refractivity contribution in [2.24, 2.45) is 0 Å². The van der Waals surface area contributed by atoms with E-state index in [1.807, 2.05) is 60.8 Å². The fourth-order valence-corrected chi connectivity index (χ4v) is 5.27. The van der Waals surface area contributed by atoms with E-state index in [-0.39, 0.29) is 5.91 Å². The first-order valence-corrected chi connectivity index (χ1v) is 14.9. The smallest absolute Gasteiger partial charge is 0.255 e. The van der Waals surface area contributed by atoms with Crippen molar-refractivity contribution in [1.82, 2.24) is 24.8 Å². The summed E-state index contributed by atoms with van der Waals surface area (Å²) in [4.78, 5) is 30.3. The molecule has 0 aliphatic rings. The molecule has 0 fully saturated rings. The number of nitrogens with zero attached hydrogens (tertiary/aromatic N) is 4. The number of carbonyl (C=O) groups is 1. The molecule has 7 nitrogen and oxygen atoms in total. The number of rotatable bonds is 14. The lowest BCUT2D eigenvalue weighted by Gasteiger charge is -2.21. The Morgan fingerprint density at radius 2 is 1.45 bits per heavy atom. The molecule has 0 aliphatic carbocycles. The van der Waals surface area contributed by atoms with Crippen molar-refractivity contribution in [3.05, 3.63) is 126 Å². The van der Waals surface area contributed by atoms with E-state index in [2.05, 4.69) is 69.3 Å². The number of aromatic amines is 1. The summed E-state index contributed by atoms with van der Waals surface area (Å²) in [5.74, 6) is 0.793. The second-order valence-corrected chi connectivity index (χ2v) is 10.8. The Labute approximate surface area is 248 Å². The summed E-state index contributed by atoms with van der Waals surface area (Å²) in [6, 6.07) is 28.4. The molecule has 0 aliphatic heterocycles. The molecule has 0 bridgehead atoms. The van der Waals surface area contributed by atoms with E-state index in [0.717, 1.165) is 66.1 Å². The Balaban J connectivity index is 1.21. The van der Waals surface area contributed by atoms with Crippen LogP contribution < -0.4 is 5.32 Å².